The van der Waals surface area contributed by atoms with E-state index in [1.165, 1.54) is 60.1 Å². The lowest BCUT2D eigenvalue weighted by Crippen LogP contribution is -2.41. The number of fused-ring (bicyclic) bond motifs is 5. The Balaban J connectivity index is 1.32. The predicted molar refractivity (Wildman–Crippen MR) is 202 cm³/mol. The Hall–Kier alpha value is -5.16. The number of hydrogen-bond acceptors (Lipinski definition) is 2. The van der Waals surface area contributed by atoms with Crippen molar-refractivity contribution in [2.24, 2.45) is 0 Å². The zero-order valence-electron chi connectivity index (χ0n) is 27.7. The molecule has 1 fully saturated rings. The van der Waals surface area contributed by atoms with E-state index in [9.17, 15) is 0 Å². The van der Waals surface area contributed by atoms with Crippen LogP contribution in [0.5, 0.6) is 0 Å². The predicted octanol–water partition coefficient (Wildman–Crippen LogP) is 10.7. The number of aromatic nitrogens is 1. The third-order valence-corrected chi connectivity index (χ3v) is 10.6. The van der Waals surface area contributed by atoms with Gasteiger partial charge in [-0.05, 0) is 101 Å². The van der Waals surface area contributed by atoms with Gasteiger partial charge in [0.2, 0.25) is 0 Å². The van der Waals surface area contributed by atoms with Crippen LogP contribution in [0.25, 0.3) is 71.3 Å². The summed E-state index contributed by atoms with van der Waals surface area (Å²) >= 11 is 0. The lowest BCUT2D eigenvalue weighted by atomic mass is 9.79. The van der Waals surface area contributed by atoms with Crippen LogP contribution in [-0.2, 0) is 9.31 Å². The molecule has 8 aromatic rings. The van der Waals surface area contributed by atoms with E-state index in [-0.39, 0.29) is 0 Å². The Bertz CT molecular complexity index is 2440. The highest BCUT2D eigenvalue weighted by molar-refractivity contribution is 6.62. The molecule has 232 valence electrons. The van der Waals surface area contributed by atoms with Crippen LogP contribution in [0.3, 0.4) is 0 Å². The van der Waals surface area contributed by atoms with Crippen LogP contribution in [0.1, 0.15) is 27.7 Å². The first-order valence-electron chi connectivity index (χ1n) is 16.8. The summed E-state index contributed by atoms with van der Waals surface area (Å²) in [5, 5.41) is 7.43. The van der Waals surface area contributed by atoms with E-state index < -0.39 is 18.3 Å². The van der Waals surface area contributed by atoms with E-state index in [1.54, 1.807) is 0 Å². The molecular weight excluding hydrogens is 585 g/mol. The summed E-state index contributed by atoms with van der Waals surface area (Å²) in [5.41, 5.74) is 8.59. The van der Waals surface area contributed by atoms with E-state index in [0.717, 1.165) is 16.7 Å². The SMILES string of the molecule is CC1(C)OB(c2ccc3c4ccc(-c5c6ccccc6c(-c6ccccc6)c6ccccc56)cc4n(-c4ccccc4)c3c2)OC1(C)C. The lowest BCUT2D eigenvalue weighted by Gasteiger charge is -2.32. The monoisotopic (exact) mass is 621 g/mol. The molecule has 0 amide bonds. The zero-order chi connectivity index (χ0) is 32.6. The molecule has 0 unspecified atom stereocenters. The summed E-state index contributed by atoms with van der Waals surface area (Å²) < 4.78 is 15.4. The highest BCUT2D eigenvalue weighted by Crippen LogP contribution is 2.45. The van der Waals surface area contributed by atoms with Crippen molar-refractivity contribution in [2.75, 3.05) is 0 Å². The minimum absolute atomic E-state index is 0.407. The summed E-state index contributed by atoms with van der Waals surface area (Å²) in [5.74, 6) is 0. The van der Waals surface area contributed by atoms with Gasteiger partial charge in [0.1, 0.15) is 0 Å². The van der Waals surface area contributed by atoms with Gasteiger partial charge in [-0.25, -0.2) is 0 Å². The number of rotatable bonds is 4. The van der Waals surface area contributed by atoms with Crippen LogP contribution in [0.2, 0.25) is 0 Å². The molecule has 1 aromatic heterocycles. The number of para-hydroxylation sites is 1. The van der Waals surface area contributed by atoms with Gasteiger partial charge in [-0.3, -0.25) is 0 Å². The molecule has 1 aliphatic rings. The molecule has 9 rings (SSSR count). The summed E-state index contributed by atoms with van der Waals surface area (Å²) in [7, 11) is -0.432. The highest BCUT2D eigenvalue weighted by Gasteiger charge is 2.51. The first-order valence-corrected chi connectivity index (χ1v) is 16.8. The molecule has 3 nitrogen and oxygen atoms in total. The third kappa shape index (κ3) is 4.37. The molecule has 1 saturated heterocycles. The molecule has 4 heteroatoms. The van der Waals surface area contributed by atoms with Gasteiger partial charge in [-0.15, -0.1) is 0 Å². The third-order valence-electron chi connectivity index (χ3n) is 10.6. The van der Waals surface area contributed by atoms with Gasteiger partial charge in [-0.2, -0.15) is 0 Å². The van der Waals surface area contributed by atoms with Crippen molar-refractivity contribution >= 4 is 55.9 Å². The van der Waals surface area contributed by atoms with Crippen LogP contribution >= 0.6 is 0 Å². The fourth-order valence-electron chi connectivity index (χ4n) is 7.53. The first kappa shape index (κ1) is 29.0. The van der Waals surface area contributed by atoms with Crippen LogP contribution in [-0.4, -0.2) is 22.9 Å². The average molecular weight is 622 g/mol. The fourth-order valence-corrected chi connectivity index (χ4v) is 7.53. The summed E-state index contributed by atoms with van der Waals surface area (Å²) in [6, 6.07) is 52.8. The lowest BCUT2D eigenvalue weighted by molar-refractivity contribution is 0.00578. The second-order valence-corrected chi connectivity index (χ2v) is 14.0. The maximum absolute atomic E-state index is 6.49. The van der Waals surface area contributed by atoms with Gasteiger partial charge in [0.15, 0.2) is 0 Å². The summed E-state index contributed by atoms with van der Waals surface area (Å²) in [6.45, 7) is 8.42. The first-order chi connectivity index (χ1) is 23.3. The molecule has 7 aromatic carbocycles. The van der Waals surface area contributed by atoms with Gasteiger partial charge in [0, 0.05) is 16.5 Å². The largest absolute Gasteiger partial charge is 0.494 e. The van der Waals surface area contributed by atoms with Crippen LogP contribution < -0.4 is 5.46 Å². The van der Waals surface area contributed by atoms with E-state index in [0.29, 0.717) is 0 Å². The quantitative estimate of drug-likeness (QED) is 0.144. The van der Waals surface area contributed by atoms with E-state index in [4.69, 9.17) is 9.31 Å². The smallest absolute Gasteiger partial charge is 0.399 e. The van der Waals surface area contributed by atoms with Crippen LogP contribution in [0.15, 0.2) is 146 Å². The van der Waals surface area contributed by atoms with Crippen molar-refractivity contribution in [3.8, 4) is 27.9 Å². The molecule has 0 bridgehead atoms. The van der Waals surface area contributed by atoms with Crippen LogP contribution in [0, 0.1) is 0 Å². The Labute approximate surface area is 281 Å². The minimum atomic E-state index is -0.432. The number of hydrogen-bond donors (Lipinski definition) is 0. The summed E-state index contributed by atoms with van der Waals surface area (Å²) in [6.07, 6.45) is 0. The molecular formula is C44H36BNO2. The van der Waals surface area contributed by atoms with Crippen molar-refractivity contribution in [1.29, 1.82) is 0 Å². The summed E-state index contributed by atoms with van der Waals surface area (Å²) in [4.78, 5) is 0. The molecule has 2 heterocycles. The molecule has 0 atom stereocenters. The molecule has 0 spiro atoms. The van der Waals surface area contributed by atoms with Crippen molar-refractivity contribution in [3.63, 3.8) is 0 Å². The molecule has 0 aliphatic carbocycles. The maximum atomic E-state index is 6.49. The second kappa shape index (κ2) is 10.7. The zero-order valence-corrected chi connectivity index (χ0v) is 27.7. The van der Waals surface area contributed by atoms with Gasteiger partial charge < -0.3 is 13.9 Å². The standard InChI is InChI=1S/C44H36BNO2/c1-43(2)44(3,4)48-45(47-43)31-24-26-34-33-25-23-30(27-39(33)46(40(34)28-31)32-17-9-6-10-18-32)42-37-21-13-11-19-35(37)41(29-15-7-5-8-16-29)36-20-12-14-22-38(36)42/h5-28H,1-4H3. The topological polar surface area (TPSA) is 23.4 Å². The number of nitrogens with zero attached hydrogens (tertiary/aromatic N) is 1. The normalized spacial score (nSPS) is 15.6. The Morgan fingerprint density at radius 2 is 0.896 bits per heavy atom. The van der Waals surface area contributed by atoms with Gasteiger partial charge in [0.05, 0.1) is 22.2 Å². The van der Waals surface area contributed by atoms with Gasteiger partial charge in [-0.1, -0.05) is 121 Å². The van der Waals surface area contributed by atoms with Gasteiger partial charge in [0.25, 0.3) is 0 Å². The number of benzene rings is 7. The molecule has 48 heavy (non-hydrogen) atoms. The Morgan fingerprint density at radius 1 is 0.438 bits per heavy atom. The fraction of sp³-hybridized carbons (Fsp3) is 0.136. The van der Waals surface area contributed by atoms with Crippen molar-refractivity contribution in [1.82, 2.24) is 4.57 Å². The minimum Gasteiger partial charge on any atom is -0.399 e. The van der Waals surface area contributed by atoms with E-state index in [2.05, 4.69) is 178 Å². The average Bonchev–Trinajstić information content (AvgIpc) is 3.55. The second-order valence-electron chi connectivity index (χ2n) is 14.0. The molecule has 0 radical (unpaired) electrons. The van der Waals surface area contributed by atoms with Gasteiger partial charge >= 0.3 is 7.12 Å². The Kier molecular flexibility index (Phi) is 6.46. The maximum Gasteiger partial charge on any atom is 0.494 e. The van der Waals surface area contributed by atoms with Crippen molar-refractivity contribution in [2.45, 2.75) is 38.9 Å². The molecule has 0 saturated carbocycles. The van der Waals surface area contributed by atoms with Crippen molar-refractivity contribution in [3.05, 3.63) is 146 Å². The van der Waals surface area contributed by atoms with E-state index >= 15 is 0 Å². The molecule has 0 N–H and O–H groups in total. The molecule has 1 aliphatic heterocycles. The Morgan fingerprint density at radius 3 is 1.46 bits per heavy atom. The van der Waals surface area contributed by atoms with E-state index in [1.807, 2.05) is 0 Å². The van der Waals surface area contributed by atoms with Crippen molar-refractivity contribution < 1.29 is 9.31 Å². The highest BCUT2D eigenvalue weighted by atomic mass is 16.7. The van der Waals surface area contributed by atoms with Crippen LogP contribution in [0.4, 0.5) is 0 Å².